The van der Waals surface area contributed by atoms with Crippen LogP contribution in [-0.2, 0) is 6.42 Å². The van der Waals surface area contributed by atoms with Gasteiger partial charge in [0.15, 0.2) is 0 Å². The Labute approximate surface area is 104 Å². The van der Waals surface area contributed by atoms with E-state index < -0.39 is 0 Å². The minimum atomic E-state index is 1.07. The average molecular weight is 223 g/mol. The minimum absolute atomic E-state index is 1.07. The molecule has 0 unspecified atom stereocenters. The molecule has 0 saturated heterocycles. The third kappa shape index (κ3) is 2.41. The van der Waals surface area contributed by atoms with Crippen LogP contribution in [0.25, 0.3) is 11.1 Å². The highest BCUT2D eigenvalue weighted by atomic mass is 14.1. The summed E-state index contributed by atoms with van der Waals surface area (Å²) in [7, 11) is 0. The van der Waals surface area contributed by atoms with Crippen molar-refractivity contribution in [1.82, 2.24) is 0 Å². The highest BCUT2D eigenvalue weighted by Gasteiger charge is 2.07. The molecule has 0 aliphatic rings. The van der Waals surface area contributed by atoms with Gasteiger partial charge in [0, 0.05) is 0 Å². The van der Waals surface area contributed by atoms with Crippen molar-refractivity contribution in [2.45, 2.75) is 34.1 Å². The van der Waals surface area contributed by atoms with Gasteiger partial charge in [-0.05, 0) is 61.1 Å². The second-order valence-electron chi connectivity index (χ2n) is 4.72. The van der Waals surface area contributed by atoms with Crippen molar-refractivity contribution < 1.29 is 0 Å². The molecule has 87 valence electrons. The van der Waals surface area contributed by atoms with Crippen LogP contribution in [0.1, 0.15) is 29.2 Å². The maximum Gasteiger partial charge on any atom is -0.00668 e. The quantitative estimate of drug-likeness (QED) is 0.695. The Morgan fingerprint density at radius 3 is 2.47 bits per heavy atom. The summed E-state index contributed by atoms with van der Waals surface area (Å²) >= 11 is 0. The van der Waals surface area contributed by atoms with E-state index in [0.717, 1.165) is 6.42 Å². The van der Waals surface area contributed by atoms with Crippen LogP contribution in [0.15, 0.2) is 30.3 Å². The Hall–Kier alpha value is -1.56. The fourth-order valence-electron chi connectivity index (χ4n) is 2.44. The van der Waals surface area contributed by atoms with E-state index in [1.54, 1.807) is 0 Å². The summed E-state index contributed by atoms with van der Waals surface area (Å²) in [5, 5.41) is 0. The van der Waals surface area contributed by atoms with E-state index in [1.807, 2.05) is 0 Å². The van der Waals surface area contributed by atoms with E-state index in [0.29, 0.717) is 0 Å². The number of hydrogen-bond donors (Lipinski definition) is 0. The van der Waals surface area contributed by atoms with Gasteiger partial charge in [0.05, 0.1) is 0 Å². The predicted octanol–water partition coefficient (Wildman–Crippen LogP) is 4.64. The first-order valence-corrected chi connectivity index (χ1v) is 6.21. The van der Waals surface area contributed by atoms with Crippen LogP contribution < -0.4 is 0 Å². The van der Waals surface area contributed by atoms with Gasteiger partial charge in [-0.1, -0.05) is 42.8 Å². The molecule has 0 aliphatic carbocycles. The standard InChI is InChI=1S/C17H19/c1-5-15-8-6-7-14(4)17(15)16-10-12(2)9-13(3)11-16/h6-10H,5H2,1-4H3. The van der Waals surface area contributed by atoms with Crippen LogP contribution >= 0.6 is 0 Å². The summed E-state index contributed by atoms with van der Waals surface area (Å²) in [6, 6.07) is 14.4. The molecule has 0 N–H and O–H groups in total. The van der Waals surface area contributed by atoms with E-state index in [1.165, 1.54) is 33.4 Å². The lowest BCUT2D eigenvalue weighted by Gasteiger charge is -2.12. The van der Waals surface area contributed by atoms with Gasteiger partial charge in [0.25, 0.3) is 0 Å². The molecular formula is C17H19. The van der Waals surface area contributed by atoms with Crippen LogP contribution in [0.2, 0.25) is 0 Å². The fourth-order valence-corrected chi connectivity index (χ4v) is 2.44. The van der Waals surface area contributed by atoms with Gasteiger partial charge in [-0.25, -0.2) is 0 Å². The van der Waals surface area contributed by atoms with Crippen LogP contribution in [0.5, 0.6) is 0 Å². The lowest BCUT2D eigenvalue weighted by atomic mass is 9.92. The highest BCUT2D eigenvalue weighted by molar-refractivity contribution is 5.71. The SMILES string of the molecule is CCc1cccc(C)c1-c1[c]c(C)cc(C)c1. The maximum atomic E-state index is 3.48. The molecule has 1 radical (unpaired) electrons. The molecule has 0 saturated carbocycles. The van der Waals surface area contributed by atoms with Crippen molar-refractivity contribution in [1.29, 1.82) is 0 Å². The van der Waals surface area contributed by atoms with E-state index in [4.69, 9.17) is 0 Å². The molecule has 0 fully saturated rings. The second-order valence-corrected chi connectivity index (χ2v) is 4.72. The number of hydrogen-bond acceptors (Lipinski definition) is 0. The Morgan fingerprint density at radius 2 is 1.82 bits per heavy atom. The van der Waals surface area contributed by atoms with Crippen LogP contribution in [-0.4, -0.2) is 0 Å². The first-order chi connectivity index (χ1) is 8.11. The Bertz CT molecular complexity index is 515. The smallest absolute Gasteiger partial charge is 0.00668 e. The molecule has 17 heavy (non-hydrogen) atoms. The maximum absolute atomic E-state index is 3.48. The van der Waals surface area contributed by atoms with Crippen molar-refractivity contribution >= 4 is 0 Å². The number of aryl methyl sites for hydroxylation is 4. The molecule has 0 amide bonds. The third-order valence-electron chi connectivity index (χ3n) is 3.16. The van der Waals surface area contributed by atoms with Crippen LogP contribution in [0.3, 0.4) is 0 Å². The first kappa shape index (κ1) is 11.9. The average Bonchev–Trinajstić information content (AvgIpc) is 2.27. The molecule has 2 aromatic carbocycles. The normalized spacial score (nSPS) is 10.6. The van der Waals surface area contributed by atoms with Gasteiger partial charge in [-0.15, -0.1) is 0 Å². The Morgan fingerprint density at radius 1 is 1.06 bits per heavy atom. The first-order valence-electron chi connectivity index (χ1n) is 6.21. The van der Waals surface area contributed by atoms with Gasteiger partial charge in [-0.3, -0.25) is 0 Å². The Balaban J connectivity index is 2.67. The van der Waals surface area contributed by atoms with E-state index in [2.05, 4.69) is 64.1 Å². The van der Waals surface area contributed by atoms with Gasteiger partial charge in [0.1, 0.15) is 0 Å². The highest BCUT2D eigenvalue weighted by Crippen LogP contribution is 2.29. The van der Waals surface area contributed by atoms with Crippen molar-refractivity contribution in [2.24, 2.45) is 0 Å². The molecule has 0 aromatic heterocycles. The summed E-state index contributed by atoms with van der Waals surface area (Å²) < 4.78 is 0. The molecule has 2 rings (SSSR count). The van der Waals surface area contributed by atoms with Gasteiger partial charge in [0.2, 0.25) is 0 Å². The van der Waals surface area contributed by atoms with Gasteiger partial charge < -0.3 is 0 Å². The fraction of sp³-hybridized carbons (Fsp3) is 0.294. The van der Waals surface area contributed by atoms with E-state index in [-0.39, 0.29) is 0 Å². The minimum Gasteiger partial charge on any atom is -0.0617 e. The molecular weight excluding hydrogens is 204 g/mol. The summed E-state index contributed by atoms with van der Waals surface area (Å²) in [5.41, 5.74) is 7.86. The summed E-state index contributed by atoms with van der Waals surface area (Å²) in [6.45, 7) is 8.65. The molecule has 0 heterocycles. The second kappa shape index (κ2) is 4.75. The summed E-state index contributed by atoms with van der Waals surface area (Å²) in [4.78, 5) is 0. The topological polar surface area (TPSA) is 0 Å². The van der Waals surface area contributed by atoms with Gasteiger partial charge in [-0.2, -0.15) is 0 Å². The predicted molar refractivity (Wildman–Crippen MR) is 74.3 cm³/mol. The zero-order valence-corrected chi connectivity index (χ0v) is 11.1. The van der Waals surface area contributed by atoms with Gasteiger partial charge >= 0.3 is 0 Å². The monoisotopic (exact) mass is 223 g/mol. The molecule has 0 heteroatoms. The zero-order chi connectivity index (χ0) is 12.4. The molecule has 0 atom stereocenters. The largest absolute Gasteiger partial charge is 0.0617 e. The Kier molecular flexibility index (Phi) is 3.33. The van der Waals surface area contributed by atoms with Crippen molar-refractivity contribution in [3.8, 4) is 11.1 Å². The van der Waals surface area contributed by atoms with Crippen LogP contribution in [0, 0.1) is 26.8 Å². The number of benzene rings is 2. The summed E-state index contributed by atoms with van der Waals surface area (Å²) in [5.74, 6) is 0. The number of rotatable bonds is 2. The molecule has 0 nitrogen and oxygen atoms in total. The van der Waals surface area contributed by atoms with Crippen molar-refractivity contribution in [3.05, 3.63) is 58.7 Å². The van der Waals surface area contributed by atoms with E-state index >= 15 is 0 Å². The molecule has 0 spiro atoms. The molecule has 0 aliphatic heterocycles. The molecule has 0 bridgehead atoms. The van der Waals surface area contributed by atoms with Crippen molar-refractivity contribution in [2.75, 3.05) is 0 Å². The molecule has 2 aromatic rings. The lowest BCUT2D eigenvalue weighted by Crippen LogP contribution is -1.92. The zero-order valence-electron chi connectivity index (χ0n) is 11.1. The third-order valence-corrected chi connectivity index (χ3v) is 3.16. The summed E-state index contributed by atoms with van der Waals surface area (Å²) in [6.07, 6.45) is 1.07. The van der Waals surface area contributed by atoms with E-state index in [9.17, 15) is 0 Å². The lowest BCUT2D eigenvalue weighted by molar-refractivity contribution is 1.13. The van der Waals surface area contributed by atoms with Crippen molar-refractivity contribution in [3.63, 3.8) is 0 Å². The van der Waals surface area contributed by atoms with Crippen LogP contribution in [0.4, 0.5) is 0 Å².